The molecule has 0 saturated carbocycles. The third-order valence-electron chi connectivity index (χ3n) is 17.0. The summed E-state index contributed by atoms with van der Waals surface area (Å²) in [6.45, 7) is 21.1. The molecule has 0 aromatic heterocycles. The Labute approximate surface area is 438 Å². The molecule has 20 heteroatoms. The molecule has 5 heterocycles. The van der Waals surface area contributed by atoms with Crippen LogP contribution < -0.4 is 10.6 Å². The molecular weight excluding hydrogens is 959 g/mol. The normalized spacial score (nSPS) is 41.3. The van der Waals surface area contributed by atoms with Crippen molar-refractivity contribution in [2.45, 2.75) is 179 Å². The third-order valence-corrected chi connectivity index (χ3v) is 17.0. The molecule has 5 fully saturated rings. The molecule has 4 N–H and O–H groups in total. The van der Waals surface area contributed by atoms with Crippen LogP contribution in [0, 0.1) is 35.5 Å². The molecule has 0 bridgehead atoms. The maximum absolute atomic E-state index is 15.2. The number of cyclic esters (lactones) is 1. The molecule has 5 saturated heterocycles. The van der Waals surface area contributed by atoms with Gasteiger partial charge in [0.05, 0.1) is 48.0 Å². The van der Waals surface area contributed by atoms with Gasteiger partial charge in [0.2, 0.25) is 0 Å². The van der Waals surface area contributed by atoms with Gasteiger partial charge in [0, 0.05) is 88.8 Å². The number of esters is 2. The standard InChI is InChI=1S/C54H87N5O15/c1-15-38-54(10)42(41(50(65)73-54)48(55)56-74-39(60)21-22-58-23-25-59(26-24-58)36-19-17-16-18-20-36)32(4)43(61)30(2)28-53(9,67-14)47(72-51-44(62)37(57(11)12)27-31(3)68-51)33(5)45(34(6)49(64)70-38)71-40-29-52(8,66-13)46(63)35(7)69-40/h16-20,30-35,37-38,40-42,44-47,51,62-63H,15,21-29H2,1-14H3,(H2,55,56)/t30-,31?,32-,33+,34-,35?,37?,38-,40?,41?,42?,44?,45+,46?,47-,51?,52?,53+,54-/m1/s1. The van der Waals surface area contributed by atoms with Gasteiger partial charge < -0.3 is 68.5 Å². The number of ketones is 1. The van der Waals surface area contributed by atoms with Crippen LogP contribution >= 0.6 is 0 Å². The number of hydrogen-bond donors (Lipinski definition) is 3. The molecule has 5 aliphatic heterocycles. The van der Waals surface area contributed by atoms with Crippen molar-refractivity contribution in [1.82, 2.24) is 9.80 Å². The maximum atomic E-state index is 15.2. The summed E-state index contributed by atoms with van der Waals surface area (Å²) >= 11 is 0. The smallest absolute Gasteiger partial charge is 0.336 e. The molecule has 0 amide bonds. The number of ether oxygens (including phenoxy) is 8. The van der Waals surface area contributed by atoms with Crippen LogP contribution in [0.2, 0.25) is 0 Å². The number of Topliss-reactive ketones (excluding diaryl/α,β-unsaturated/α-hetero) is 1. The minimum atomic E-state index is -1.64. The summed E-state index contributed by atoms with van der Waals surface area (Å²) in [5, 5.41) is 27.0. The number of rotatable bonds is 14. The van der Waals surface area contributed by atoms with Gasteiger partial charge >= 0.3 is 17.9 Å². The maximum Gasteiger partial charge on any atom is 0.336 e. The van der Waals surface area contributed by atoms with Gasteiger partial charge in [-0.2, -0.15) is 0 Å². The van der Waals surface area contributed by atoms with Gasteiger partial charge in [-0.1, -0.05) is 51.0 Å². The number of aliphatic hydroxyl groups excluding tert-OH is 2. The number of oxime groups is 1. The quantitative estimate of drug-likeness (QED) is 0.0787. The molecule has 418 valence electrons. The van der Waals surface area contributed by atoms with Crippen molar-refractivity contribution in [1.29, 1.82) is 0 Å². The van der Waals surface area contributed by atoms with Crippen molar-refractivity contribution < 1.29 is 72.1 Å². The average Bonchev–Trinajstić information content (AvgIpc) is 3.66. The Morgan fingerprint density at radius 1 is 0.878 bits per heavy atom. The summed E-state index contributed by atoms with van der Waals surface area (Å²) in [7, 11) is 6.76. The highest BCUT2D eigenvalue weighted by Gasteiger charge is 2.63. The largest absolute Gasteiger partial charge is 0.458 e. The minimum Gasteiger partial charge on any atom is -0.458 e. The third kappa shape index (κ3) is 12.8. The van der Waals surface area contributed by atoms with E-state index in [1.165, 1.54) is 14.2 Å². The van der Waals surface area contributed by atoms with Crippen LogP contribution in [0.5, 0.6) is 0 Å². The van der Waals surface area contributed by atoms with Crippen LogP contribution in [0.15, 0.2) is 35.5 Å². The monoisotopic (exact) mass is 1050 g/mol. The number of para-hydroxylation sites is 1. The van der Waals surface area contributed by atoms with E-state index < -0.39 is 119 Å². The van der Waals surface area contributed by atoms with Crippen LogP contribution in [-0.4, -0.2) is 189 Å². The molecule has 1 aromatic carbocycles. The number of methoxy groups -OCH3 is 2. The summed E-state index contributed by atoms with van der Waals surface area (Å²) in [6.07, 6.45) is -7.72. The number of hydrogen-bond acceptors (Lipinski definition) is 19. The summed E-state index contributed by atoms with van der Waals surface area (Å²) in [5.74, 6) is -8.90. The van der Waals surface area contributed by atoms with E-state index in [1.807, 2.05) is 51.0 Å². The SMILES string of the molecule is CC[C@H]1OC(=O)[C@H](C)[C@@H](OC2CC(C)(OC)C(O)C(C)O2)[C@H](C)[C@@H](OC2OC(C)CC(N(C)C)C2O)[C@@](C)(OC)C[C@@H](C)C(=O)[C@H](C)C2C(/C(N)=N\OC(=O)CCN3CCN(c4ccccc4)CC3)C(=O)O[C@@]21C. The number of nitrogens with two attached hydrogens (primary N) is 1. The first-order valence-electron chi connectivity index (χ1n) is 26.6. The molecule has 0 aliphatic carbocycles. The summed E-state index contributed by atoms with van der Waals surface area (Å²) in [5.41, 5.74) is 3.71. The van der Waals surface area contributed by atoms with E-state index in [4.69, 9.17) is 48.5 Å². The molecule has 1 aromatic rings. The van der Waals surface area contributed by atoms with E-state index in [9.17, 15) is 24.6 Å². The predicted molar refractivity (Wildman–Crippen MR) is 273 cm³/mol. The van der Waals surface area contributed by atoms with Gasteiger partial charge in [-0.3, -0.25) is 19.3 Å². The van der Waals surface area contributed by atoms with E-state index in [0.29, 0.717) is 13.0 Å². The van der Waals surface area contributed by atoms with Gasteiger partial charge in [0.15, 0.2) is 24.0 Å². The van der Waals surface area contributed by atoms with Crippen LogP contribution in [0.4, 0.5) is 5.69 Å². The Hall–Kier alpha value is -3.83. The zero-order valence-corrected chi connectivity index (χ0v) is 46.3. The van der Waals surface area contributed by atoms with Crippen molar-refractivity contribution in [3.63, 3.8) is 0 Å². The lowest BCUT2D eigenvalue weighted by Crippen LogP contribution is -2.61. The first kappa shape index (κ1) is 59.4. The van der Waals surface area contributed by atoms with Crippen molar-refractivity contribution >= 4 is 35.2 Å². The van der Waals surface area contributed by atoms with E-state index >= 15 is 4.79 Å². The number of carbonyl (C=O) groups is 4. The number of anilines is 1. The first-order valence-corrected chi connectivity index (χ1v) is 26.6. The Bertz CT molecular complexity index is 2100. The van der Waals surface area contributed by atoms with E-state index in [-0.39, 0.29) is 49.4 Å². The molecule has 19 atom stereocenters. The number of nitrogens with zero attached hydrogens (tertiary/aromatic N) is 4. The minimum absolute atomic E-state index is 0.0176. The second-order valence-corrected chi connectivity index (χ2v) is 22.5. The van der Waals surface area contributed by atoms with Crippen LogP contribution in [0.1, 0.15) is 101 Å². The highest BCUT2D eigenvalue weighted by molar-refractivity contribution is 6.03. The summed E-state index contributed by atoms with van der Waals surface area (Å²) in [6, 6.07) is 9.81. The topological polar surface area (TPSA) is 240 Å². The molecule has 0 radical (unpaired) electrons. The lowest BCUT2D eigenvalue weighted by Gasteiger charge is -2.50. The zero-order chi connectivity index (χ0) is 54.6. The number of carbonyl (C=O) groups excluding carboxylic acids is 4. The second-order valence-electron chi connectivity index (χ2n) is 22.5. The van der Waals surface area contributed by atoms with Gasteiger partial charge in [-0.05, 0) is 87.0 Å². The van der Waals surface area contributed by atoms with Crippen molar-refractivity contribution in [2.75, 3.05) is 65.9 Å². The number of piperazine rings is 1. The fourth-order valence-electron chi connectivity index (χ4n) is 12.4. The van der Waals surface area contributed by atoms with Gasteiger partial charge in [-0.15, -0.1) is 0 Å². The molecule has 0 spiro atoms. The van der Waals surface area contributed by atoms with E-state index in [2.05, 4.69) is 27.1 Å². The molecule has 5 aliphatic rings. The number of fused-ring (bicyclic) bond motifs is 1. The molecule has 10 unspecified atom stereocenters. The number of likely N-dealkylation sites (N-methyl/N-ethyl adjacent to an activating group) is 1. The van der Waals surface area contributed by atoms with Crippen LogP contribution in [0.25, 0.3) is 0 Å². The van der Waals surface area contributed by atoms with Crippen molar-refractivity contribution in [3.8, 4) is 0 Å². The fraction of sp³-hybridized carbons (Fsp3) is 0.796. The number of amidine groups is 1. The van der Waals surface area contributed by atoms with Crippen LogP contribution in [-0.2, 0) is 61.9 Å². The molecule has 6 rings (SSSR count). The zero-order valence-electron chi connectivity index (χ0n) is 46.3. The fourth-order valence-corrected chi connectivity index (χ4v) is 12.4. The lowest BCUT2D eigenvalue weighted by atomic mass is 9.67. The highest BCUT2D eigenvalue weighted by Crippen LogP contribution is 2.49. The highest BCUT2D eigenvalue weighted by atomic mass is 16.7. The Kier molecular flexibility index (Phi) is 19.8. The number of benzene rings is 1. The van der Waals surface area contributed by atoms with Gasteiger partial charge in [0.1, 0.15) is 30.0 Å². The predicted octanol–water partition coefficient (Wildman–Crippen LogP) is 3.90. The average molecular weight is 1050 g/mol. The van der Waals surface area contributed by atoms with Crippen LogP contribution in [0.3, 0.4) is 0 Å². The second kappa shape index (κ2) is 24.7. The molecule has 20 nitrogen and oxygen atoms in total. The van der Waals surface area contributed by atoms with Crippen molar-refractivity contribution in [2.24, 2.45) is 46.4 Å². The van der Waals surface area contributed by atoms with Gasteiger partial charge in [-0.25, -0.2) is 4.79 Å². The number of aliphatic hydroxyl groups is 2. The van der Waals surface area contributed by atoms with Gasteiger partial charge in [0.25, 0.3) is 0 Å². The molecular formula is C54H87N5O15. The van der Waals surface area contributed by atoms with E-state index in [0.717, 1.165) is 31.9 Å². The molecule has 74 heavy (non-hydrogen) atoms. The first-order chi connectivity index (χ1) is 34.8. The Balaban J connectivity index is 1.33. The lowest BCUT2D eigenvalue weighted by molar-refractivity contribution is -0.319. The Morgan fingerprint density at radius 2 is 1.53 bits per heavy atom. The van der Waals surface area contributed by atoms with Crippen molar-refractivity contribution in [3.05, 3.63) is 30.3 Å². The summed E-state index contributed by atoms with van der Waals surface area (Å²) < 4.78 is 51.4. The summed E-state index contributed by atoms with van der Waals surface area (Å²) in [4.78, 5) is 69.4. The Morgan fingerprint density at radius 3 is 2.14 bits per heavy atom. The van der Waals surface area contributed by atoms with E-state index in [1.54, 1.807) is 55.4 Å².